The Labute approximate surface area is 116 Å². The van der Waals surface area contributed by atoms with E-state index in [0.717, 1.165) is 19.3 Å². The van der Waals surface area contributed by atoms with Gasteiger partial charge in [-0.3, -0.25) is 0 Å². The van der Waals surface area contributed by atoms with Crippen LogP contribution >= 0.6 is 11.6 Å². The maximum atomic E-state index is 14.1. The fourth-order valence-corrected chi connectivity index (χ4v) is 4.10. The minimum atomic E-state index is -1.09. The number of hydrogen-bond donors (Lipinski definition) is 1. The Morgan fingerprint density at radius 3 is 2.84 bits per heavy atom. The molecule has 2 aliphatic rings. The van der Waals surface area contributed by atoms with Crippen LogP contribution in [-0.4, -0.2) is 5.11 Å². The summed E-state index contributed by atoms with van der Waals surface area (Å²) in [7, 11) is 0. The third-order valence-corrected chi connectivity index (χ3v) is 5.16. The lowest BCUT2D eigenvalue weighted by atomic mass is 9.68. The van der Waals surface area contributed by atoms with Crippen molar-refractivity contribution in [2.24, 2.45) is 17.3 Å². The van der Waals surface area contributed by atoms with Gasteiger partial charge in [0.2, 0.25) is 0 Å². The monoisotopic (exact) mass is 279 g/mol. The van der Waals surface area contributed by atoms with Crippen molar-refractivity contribution in [2.75, 3.05) is 0 Å². The fraction of sp³-hybridized carbons (Fsp3) is 0.533. The maximum absolute atomic E-state index is 14.1. The van der Waals surface area contributed by atoms with Crippen LogP contribution in [0.1, 0.15) is 37.4 Å². The van der Waals surface area contributed by atoms with E-state index in [9.17, 15) is 14.8 Å². The van der Waals surface area contributed by atoms with Gasteiger partial charge in [0.1, 0.15) is 11.9 Å². The van der Waals surface area contributed by atoms with Crippen LogP contribution in [0.15, 0.2) is 18.2 Å². The zero-order valence-electron chi connectivity index (χ0n) is 10.4. The van der Waals surface area contributed by atoms with Crippen LogP contribution in [0, 0.1) is 34.4 Å². The van der Waals surface area contributed by atoms with E-state index in [4.69, 9.17) is 11.6 Å². The summed E-state index contributed by atoms with van der Waals surface area (Å²) in [6.45, 7) is 0. The molecule has 4 unspecified atom stereocenters. The van der Waals surface area contributed by atoms with E-state index in [1.165, 1.54) is 12.1 Å². The Balaban J connectivity index is 2.01. The topological polar surface area (TPSA) is 44.0 Å². The number of nitrogens with zero attached hydrogens (tertiary/aromatic N) is 1. The zero-order valence-corrected chi connectivity index (χ0v) is 11.2. The van der Waals surface area contributed by atoms with E-state index in [1.54, 1.807) is 6.07 Å². The van der Waals surface area contributed by atoms with Crippen molar-refractivity contribution in [2.45, 2.75) is 31.8 Å². The Hall–Kier alpha value is -1.11. The molecule has 2 fully saturated rings. The minimum absolute atomic E-state index is 0.00667. The predicted molar refractivity (Wildman–Crippen MR) is 69.9 cm³/mol. The molecular weight excluding hydrogens is 265 g/mol. The molecule has 2 saturated carbocycles. The number of aliphatic hydroxyl groups is 1. The predicted octanol–water partition coefficient (Wildman–Crippen LogP) is 3.84. The molecule has 100 valence electrons. The highest BCUT2D eigenvalue weighted by Gasteiger charge is 2.56. The van der Waals surface area contributed by atoms with Gasteiger partial charge in [-0.2, -0.15) is 5.26 Å². The molecular formula is C15H15ClFNO. The highest BCUT2D eigenvalue weighted by molar-refractivity contribution is 6.30. The molecule has 0 aliphatic heterocycles. The van der Waals surface area contributed by atoms with Crippen molar-refractivity contribution in [1.82, 2.24) is 0 Å². The molecule has 2 bridgehead atoms. The molecule has 0 heterocycles. The zero-order chi connectivity index (χ0) is 13.6. The van der Waals surface area contributed by atoms with Gasteiger partial charge in [-0.25, -0.2) is 4.39 Å². The van der Waals surface area contributed by atoms with Gasteiger partial charge >= 0.3 is 0 Å². The van der Waals surface area contributed by atoms with Gasteiger partial charge in [0.15, 0.2) is 0 Å². The molecule has 0 amide bonds. The fourth-order valence-electron chi connectivity index (χ4n) is 3.91. The summed E-state index contributed by atoms with van der Waals surface area (Å²) in [5, 5.41) is 20.1. The number of halogens is 2. The van der Waals surface area contributed by atoms with Crippen molar-refractivity contribution in [3.8, 4) is 6.07 Å². The standard InChI is InChI=1S/C15H15ClFNO/c16-12-3-1-2-11(13(12)17)14(19)15(8-18)7-9-4-5-10(15)6-9/h1-3,9-10,14,19H,4-7H2. The van der Waals surface area contributed by atoms with Gasteiger partial charge in [0.25, 0.3) is 0 Å². The SMILES string of the molecule is N#CC1(C(O)c2cccc(Cl)c2F)CC2CCC1C2. The molecule has 4 heteroatoms. The van der Waals surface area contributed by atoms with Crippen molar-refractivity contribution in [1.29, 1.82) is 5.26 Å². The molecule has 1 aromatic rings. The van der Waals surface area contributed by atoms with Gasteiger partial charge in [-0.1, -0.05) is 30.2 Å². The second-order valence-electron chi connectivity index (χ2n) is 5.78. The number of benzene rings is 1. The quantitative estimate of drug-likeness (QED) is 0.894. The van der Waals surface area contributed by atoms with Crippen LogP contribution in [0.4, 0.5) is 4.39 Å². The summed E-state index contributed by atoms with van der Waals surface area (Å²) in [5.41, 5.74) is -0.685. The molecule has 0 aromatic heterocycles. The van der Waals surface area contributed by atoms with Crippen molar-refractivity contribution in [3.63, 3.8) is 0 Å². The van der Waals surface area contributed by atoms with Crippen molar-refractivity contribution in [3.05, 3.63) is 34.6 Å². The molecule has 0 saturated heterocycles. The van der Waals surface area contributed by atoms with E-state index >= 15 is 0 Å². The Morgan fingerprint density at radius 1 is 1.47 bits per heavy atom. The van der Waals surface area contributed by atoms with E-state index in [1.807, 2.05) is 0 Å². The molecule has 3 rings (SSSR count). The average Bonchev–Trinajstić information content (AvgIpc) is 3.02. The summed E-state index contributed by atoms with van der Waals surface area (Å²) in [6, 6.07) is 6.88. The first-order chi connectivity index (χ1) is 9.08. The molecule has 4 atom stereocenters. The molecule has 0 spiro atoms. The van der Waals surface area contributed by atoms with Crippen molar-refractivity contribution >= 4 is 11.6 Å². The van der Waals surface area contributed by atoms with Crippen LogP contribution < -0.4 is 0 Å². The second-order valence-corrected chi connectivity index (χ2v) is 6.19. The van der Waals surface area contributed by atoms with Gasteiger partial charge in [0.05, 0.1) is 16.5 Å². The van der Waals surface area contributed by atoms with E-state index in [0.29, 0.717) is 12.3 Å². The van der Waals surface area contributed by atoms with Crippen LogP contribution in [-0.2, 0) is 0 Å². The van der Waals surface area contributed by atoms with E-state index in [2.05, 4.69) is 6.07 Å². The van der Waals surface area contributed by atoms with Crippen LogP contribution in [0.25, 0.3) is 0 Å². The lowest BCUT2D eigenvalue weighted by molar-refractivity contribution is 0.0209. The number of aliphatic hydroxyl groups excluding tert-OH is 1. The lowest BCUT2D eigenvalue weighted by Crippen LogP contribution is -2.33. The minimum Gasteiger partial charge on any atom is -0.387 e. The van der Waals surface area contributed by atoms with E-state index < -0.39 is 17.3 Å². The van der Waals surface area contributed by atoms with Crippen molar-refractivity contribution < 1.29 is 9.50 Å². The Kier molecular flexibility index (Phi) is 3.03. The third-order valence-electron chi connectivity index (χ3n) is 4.87. The molecule has 19 heavy (non-hydrogen) atoms. The molecule has 2 nitrogen and oxygen atoms in total. The van der Waals surface area contributed by atoms with Crippen LogP contribution in [0.2, 0.25) is 5.02 Å². The second kappa shape index (κ2) is 4.47. The van der Waals surface area contributed by atoms with Gasteiger partial charge in [-0.05, 0) is 37.2 Å². The number of nitriles is 1. The van der Waals surface area contributed by atoms with Gasteiger partial charge in [0, 0.05) is 5.56 Å². The van der Waals surface area contributed by atoms with Crippen LogP contribution in [0.3, 0.4) is 0 Å². The summed E-state index contributed by atoms with van der Waals surface area (Å²) < 4.78 is 14.1. The first kappa shape index (κ1) is 12.9. The first-order valence-corrected chi connectivity index (χ1v) is 6.99. The van der Waals surface area contributed by atoms with Crippen LogP contribution in [0.5, 0.6) is 0 Å². The van der Waals surface area contributed by atoms with Gasteiger partial charge < -0.3 is 5.11 Å². The average molecular weight is 280 g/mol. The Bertz CT molecular complexity index is 556. The van der Waals surface area contributed by atoms with E-state index in [-0.39, 0.29) is 16.5 Å². The van der Waals surface area contributed by atoms with Gasteiger partial charge in [-0.15, -0.1) is 0 Å². The highest BCUT2D eigenvalue weighted by Crippen LogP contribution is 2.60. The third kappa shape index (κ3) is 1.78. The number of rotatable bonds is 2. The normalized spacial score (nSPS) is 34.2. The smallest absolute Gasteiger partial charge is 0.147 e. The molecule has 1 N–H and O–H groups in total. The highest BCUT2D eigenvalue weighted by atomic mass is 35.5. The molecule has 1 aromatic carbocycles. The number of hydrogen-bond acceptors (Lipinski definition) is 2. The summed E-state index contributed by atoms with van der Waals surface area (Å²) in [5.74, 6) is 0.0755. The Morgan fingerprint density at radius 2 is 2.26 bits per heavy atom. The largest absolute Gasteiger partial charge is 0.387 e. The maximum Gasteiger partial charge on any atom is 0.147 e. The summed E-state index contributed by atoms with van der Waals surface area (Å²) in [6.07, 6.45) is 2.64. The number of fused-ring (bicyclic) bond motifs is 2. The summed E-state index contributed by atoms with van der Waals surface area (Å²) >= 11 is 5.76. The summed E-state index contributed by atoms with van der Waals surface area (Å²) in [4.78, 5) is 0. The molecule has 0 radical (unpaired) electrons. The molecule has 2 aliphatic carbocycles. The first-order valence-electron chi connectivity index (χ1n) is 6.61. The lowest BCUT2D eigenvalue weighted by Gasteiger charge is -2.35.